The third-order valence-electron chi connectivity index (χ3n) is 2.33. The molecule has 0 aromatic carbocycles. The van der Waals surface area contributed by atoms with Gasteiger partial charge in [0.05, 0.1) is 21.3 Å². The van der Waals surface area contributed by atoms with Crippen LogP contribution in [0.15, 0.2) is 12.3 Å². The molecule has 0 aliphatic heterocycles. The van der Waals surface area contributed by atoms with Gasteiger partial charge in [-0.25, -0.2) is 4.98 Å². The maximum Gasteiger partial charge on any atom is 0.132 e. The Morgan fingerprint density at radius 3 is 2.67 bits per heavy atom. The third-order valence-corrected chi connectivity index (χ3v) is 3.45. The summed E-state index contributed by atoms with van der Waals surface area (Å²) in [5.41, 5.74) is 1.69. The molecule has 0 aliphatic carbocycles. The van der Waals surface area contributed by atoms with Crippen LogP contribution in [-0.2, 0) is 7.05 Å². The van der Waals surface area contributed by atoms with E-state index in [4.69, 9.17) is 0 Å². The second-order valence-corrected chi connectivity index (χ2v) is 4.70. The highest BCUT2D eigenvalue weighted by Gasteiger charge is 2.19. The lowest BCUT2D eigenvalue weighted by Gasteiger charge is -2.09. The van der Waals surface area contributed by atoms with Crippen molar-refractivity contribution in [2.75, 3.05) is 0 Å². The van der Waals surface area contributed by atoms with Crippen LogP contribution < -0.4 is 0 Å². The lowest BCUT2D eigenvalue weighted by molar-refractivity contribution is 0.212. The molecule has 0 fully saturated rings. The van der Waals surface area contributed by atoms with E-state index in [1.54, 1.807) is 10.9 Å². The first-order valence-electron chi connectivity index (χ1n) is 4.69. The molecule has 2 aromatic heterocycles. The molecule has 0 amide bonds. The summed E-state index contributed by atoms with van der Waals surface area (Å²) >= 11 is 1.53. The average molecular weight is 223 g/mol. The summed E-state index contributed by atoms with van der Waals surface area (Å²) in [5, 5.41) is 15.2. The van der Waals surface area contributed by atoms with Gasteiger partial charge in [-0.15, -0.1) is 11.3 Å². The molecule has 2 rings (SSSR count). The van der Waals surface area contributed by atoms with Crippen molar-refractivity contribution in [2.24, 2.45) is 7.05 Å². The molecule has 0 saturated heterocycles. The minimum absolute atomic E-state index is 0.622. The Labute approximate surface area is 92.2 Å². The molecule has 1 atom stereocenters. The summed E-state index contributed by atoms with van der Waals surface area (Å²) in [4.78, 5) is 5.20. The van der Waals surface area contributed by atoms with Crippen molar-refractivity contribution in [3.05, 3.63) is 33.5 Å². The van der Waals surface area contributed by atoms with E-state index < -0.39 is 6.10 Å². The van der Waals surface area contributed by atoms with Crippen molar-refractivity contribution in [3.63, 3.8) is 0 Å². The van der Waals surface area contributed by atoms with Gasteiger partial charge in [-0.05, 0) is 19.9 Å². The second-order valence-electron chi connectivity index (χ2n) is 3.46. The topological polar surface area (TPSA) is 50.9 Å². The van der Waals surface area contributed by atoms with Gasteiger partial charge in [-0.1, -0.05) is 0 Å². The van der Waals surface area contributed by atoms with Crippen LogP contribution in [0.5, 0.6) is 0 Å². The zero-order valence-corrected chi connectivity index (χ0v) is 9.75. The van der Waals surface area contributed by atoms with Crippen molar-refractivity contribution >= 4 is 11.3 Å². The minimum atomic E-state index is -0.622. The first kappa shape index (κ1) is 10.3. The molecule has 0 saturated carbocycles. The van der Waals surface area contributed by atoms with Crippen molar-refractivity contribution < 1.29 is 5.11 Å². The van der Waals surface area contributed by atoms with E-state index in [9.17, 15) is 5.11 Å². The average Bonchev–Trinajstić information content (AvgIpc) is 2.71. The molecule has 5 heteroatoms. The summed E-state index contributed by atoms with van der Waals surface area (Å²) in [7, 11) is 1.82. The van der Waals surface area contributed by atoms with Crippen LogP contribution in [0.1, 0.15) is 27.4 Å². The van der Waals surface area contributed by atoms with Crippen molar-refractivity contribution in [1.82, 2.24) is 14.8 Å². The second kappa shape index (κ2) is 3.75. The van der Waals surface area contributed by atoms with Crippen molar-refractivity contribution in [3.8, 4) is 0 Å². The quantitative estimate of drug-likeness (QED) is 0.841. The highest BCUT2D eigenvalue weighted by atomic mass is 32.1. The predicted octanol–water partition coefficient (Wildman–Crippen LogP) is 1.58. The number of rotatable bonds is 2. The Morgan fingerprint density at radius 2 is 2.20 bits per heavy atom. The number of aryl methyl sites for hydroxylation is 3. The van der Waals surface area contributed by atoms with Gasteiger partial charge in [0, 0.05) is 13.2 Å². The van der Waals surface area contributed by atoms with Gasteiger partial charge in [-0.3, -0.25) is 4.68 Å². The highest BCUT2D eigenvalue weighted by molar-refractivity contribution is 7.11. The van der Waals surface area contributed by atoms with Gasteiger partial charge < -0.3 is 5.11 Å². The number of aromatic nitrogens is 3. The maximum atomic E-state index is 10.2. The molecular formula is C10H13N3OS. The fourth-order valence-electron chi connectivity index (χ4n) is 1.59. The van der Waals surface area contributed by atoms with Gasteiger partial charge >= 0.3 is 0 Å². The number of nitrogens with zero attached hydrogens (tertiary/aromatic N) is 3. The van der Waals surface area contributed by atoms with E-state index in [0.29, 0.717) is 0 Å². The van der Waals surface area contributed by atoms with E-state index in [0.717, 1.165) is 21.3 Å². The normalized spacial score (nSPS) is 13.1. The number of aliphatic hydroxyl groups excluding tert-OH is 1. The number of hydrogen-bond donors (Lipinski definition) is 1. The Kier molecular flexibility index (Phi) is 2.58. The van der Waals surface area contributed by atoms with Crippen LogP contribution in [0, 0.1) is 13.8 Å². The Hall–Kier alpha value is -1.20. The molecule has 2 heterocycles. The molecule has 80 valence electrons. The van der Waals surface area contributed by atoms with E-state index >= 15 is 0 Å². The maximum absolute atomic E-state index is 10.2. The Balaban J connectivity index is 2.40. The monoisotopic (exact) mass is 223 g/mol. The molecule has 4 nitrogen and oxygen atoms in total. The van der Waals surface area contributed by atoms with Crippen LogP contribution in [0.4, 0.5) is 0 Å². The van der Waals surface area contributed by atoms with Crippen LogP contribution in [0.25, 0.3) is 0 Å². The van der Waals surface area contributed by atoms with Crippen LogP contribution in [-0.4, -0.2) is 19.9 Å². The number of thiazole rings is 1. The van der Waals surface area contributed by atoms with E-state index in [2.05, 4.69) is 10.1 Å². The smallest absolute Gasteiger partial charge is 0.132 e. The summed E-state index contributed by atoms with van der Waals surface area (Å²) in [5.74, 6) is 0. The van der Waals surface area contributed by atoms with E-state index in [-0.39, 0.29) is 0 Å². The fourth-order valence-corrected chi connectivity index (χ4v) is 2.51. The third kappa shape index (κ3) is 1.80. The van der Waals surface area contributed by atoms with E-state index in [1.807, 2.05) is 27.0 Å². The highest BCUT2D eigenvalue weighted by Crippen LogP contribution is 2.29. The first-order valence-corrected chi connectivity index (χ1v) is 5.51. The molecule has 1 unspecified atom stereocenters. The summed E-state index contributed by atoms with van der Waals surface area (Å²) in [6.07, 6.45) is 1.06. The molecule has 1 N–H and O–H groups in total. The minimum Gasteiger partial charge on any atom is -0.381 e. The van der Waals surface area contributed by atoms with Gasteiger partial charge in [-0.2, -0.15) is 5.10 Å². The standard InChI is InChI=1S/C10H13N3OS/c1-6-10(15-7(2)12-6)9(14)8-4-5-11-13(8)3/h4-5,9,14H,1-3H3. The zero-order chi connectivity index (χ0) is 11.0. The predicted molar refractivity (Wildman–Crippen MR) is 58.9 cm³/mol. The molecule has 2 aromatic rings. The largest absolute Gasteiger partial charge is 0.381 e. The van der Waals surface area contributed by atoms with Crippen LogP contribution in [0.3, 0.4) is 0 Å². The summed E-state index contributed by atoms with van der Waals surface area (Å²) < 4.78 is 1.68. The molecular weight excluding hydrogens is 210 g/mol. The summed E-state index contributed by atoms with van der Waals surface area (Å²) in [6, 6.07) is 1.82. The number of hydrogen-bond acceptors (Lipinski definition) is 4. The first-order chi connectivity index (χ1) is 7.09. The van der Waals surface area contributed by atoms with Gasteiger partial charge in [0.15, 0.2) is 0 Å². The van der Waals surface area contributed by atoms with Gasteiger partial charge in [0.25, 0.3) is 0 Å². The SMILES string of the molecule is Cc1nc(C)c(C(O)c2ccnn2C)s1. The van der Waals surface area contributed by atoms with Crippen molar-refractivity contribution in [1.29, 1.82) is 0 Å². The van der Waals surface area contributed by atoms with Crippen molar-refractivity contribution in [2.45, 2.75) is 20.0 Å². The molecule has 0 spiro atoms. The van der Waals surface area contributed by atoms with Gasteiger partial charge in [0.1, 0.15) is 6.10 Å². The molecule has 0 bridgehead atoms. The van der Waals surface area contributed by atoms with Crippen LogP contribution in [0.2, 0.25) is 0 Å². The Bertz CT molecular complexity index is 475. The van der Waals surface area contributed by atoms with E-state index in [1.165, 1.54) is 11.3 Å². The Morgan fingerprint density at radius 1 is 1.47 bits per heavy atom. The zero-order valence-electron chi connectivity index (χ0n) is 8.93. The molecule has 0 aliphatic rings. The molecule has 0 radical (unpaired) electrons. The fraction of sp³-hybridized carbons (Fsp3) is 0.400. The lowest BCUT2D eigenvalue weighted by atomic mass is 10.2. The van der Waals surface area contributed by atoms with Gasteiger partial charge in [0.2, 0.25) is 0 Å². The number of aliphatic hydroxyl groups is 1. The molecule has 15 heavy (non-hydrogen) atoms. The van der Waals surface area contributed by atoms with Crippen LogP contribution >= 0.6 is 11.3 Å². The lowest BCUT2D eigenvalue weighted by Crippen LogP contribution is -2.06. The summed E-state index contributed by atoms with van der Waals surface area (Å²) in [6.45, 7) is 3.86.